The quantitative estimate of drug-likeness (QED) is 0.799. The number of carbonyl (C=O) groups is 1. The summed E-state index contributed by atoms with van der Waals surface area (Å²) in [6.45, 7) is 5.91. The molecule has 1 aliphatic rings. The van der Waals surface area contributed by atoms with Crippen LogP contribution in [0.1, 0.15) is 32.3 Å². The van der Waals surface area contributed by atoms with Gasteiger partial charge in [-0.15, -0.1) is 0 Å². The summed E-state index contributed by atoms with van der Waals surface area (Å²) in [6.07, 6.45) is 1.58. The predicted octanol–water partition coefficient (Wildman–Crippen LogP) is 4.48. The van der Waals surface area contributed by atoms with Gasteiger partial charge < -0.3 is 19.5 Å². The molecule has 0 aromatic heterocycles. The molecule has 0 atom stereocenters. The average molecular weight is 383 g/mol. The number of amides is 1. The van der Waals surface area contributed by atoms with E-state index in [0.29, 0.717) is 12.5 Å². The number of hydrogen-bond acceptors (Lipinski definition) is 4. The number of benzene rings is 2. The fraction of sp³-hybridized carbons (Fsp3) is 0.435. The SMILES string of the molecule is CC(C)OC(=O)N1CCC(COc2ccc(-c3ccc(CO)cc3)cc2)CC1. The van der Waals surface area contributed by atoms with E-state index in [1.165, 1.54) is 0 Å². The van der Waals surface area contributed by atoms with E-state index < -0.39 is 0 Å². The van der Waals surface area contributed by atoms with E-state index in [1.54, 1.807) is 4.90 Å². The number of hydrogen-bond donors (Lipinski definition) is 1. The summed E-state index contributed by atoms with van der Waals surface area (Å²) in [4.78, 5) is 13.7. The van der Waals surface area contributed by atoms with Crippen LogP contribution in [0.25, 0.3) is 11.1 Å². The summed E-state index contributed by atoms with van der Waals surface area (Å²) in [6, 6.07) is 16.0. The first-order valence-corrected chi connectivity index (χ1v) is 9.93. The summed E-state index contributed by atoms with van der Waals surface area (Å²) in [5.74, 6) is 1.31. The highest BCUT2D eigenvalue weighted by atomic mass is 16.6. The van der Waals surface area contributed by atoms with Gasteiger partial charge in [0.15, 0.2) is 0 Å². The molecule has 2 aromatic rings. The first kappa shape index (κ1) is 20.2. The maximum Gasteiger partial charge on any atom is 0.410 e. The molecular weight excluding hydrogens is 354 g/mol. The maximum atomic E-state index is 11.9. The van der Waals surface area contributed by atoms with Crippen LogP contribution in [-0.2, 0) is 11.3 Å². The third-order valence-electron chi connectivity index (χ3n) is 5.02. The second kappa shape index (κ2) is 9.60. The van der Waals surface area contributed by atoms with Crippen molar-refractivity contribution in [2.24, 2.45) is 5.92 Å². The van der Waals surface area contributed by atoms with Crippen LogP contribution in [-0.4, -0.2) is 41.9 Å². The lowest BCUT2D eigenvalue weighted by Gasteiger charge is -2.31. The van der Waals surface area contributed by atoms with E-state index in [2.05, 4.69) is 0 Å². The Labute approximate surface area is 166 Å². The highest BCUT2D eigenvalue weighted by molar-refractivity contribution is 5.67. The van der Waals surface area contributed by atoms with Gasteiger partial charge in [-0.2, -0.15) is 0 Å². The topological polar surface area (TPSA) is 59.0 Å². The standard InChI is InChI=1S/C23H29NO4/c1-17(2)28-23(26)24-13-11-19(12-14-24)16-27-22-9-7-21(8-10-22)20-5-3-18(15-25)4-6-20/h3-10,17,19,25H,11-16H2,1-2H3. The van der Waals surface area contributed by atoms with Crippen LogP contribution in [0, 0.1) is 5.92 Å². The molecule has 0 bridgehead atoms. The minimum Gasteiger partial charge on any atom is -0.493 e. The molecule has 0 aliphatic carbocycles. The first-order valence-electron chi connectivity index (χ1n) is 9.93. The molecule has 1 aliphatic heterocycles. The number of ether oxygens (including phenoxy) is 2. The summed E-state index contributed by atoms with van der Waals surface area (Å²) in [5.41, 5.74) is 3.14. The molecule has 1 amide bonds. The van der Waals surface area contributed by atoms with Crippen molar-refractivity contribution in [2.75, 3.05) is 19.7 Å². The molecule has 0 spiro atoms. The molecule has 0 radical (unpaired) electrons. The van der Waals surface area contributed by atoms with Crippen LogP contribution in [0.5, 0.6) is 5.75 Å². The summed E-state index contributed by atoms with van der Waals surface area (Å²) in [7, 11) is 0. The van der Waals surface area contributed by atoms with Crippen LogP contribution in [0.3, 0.4) is 0 Å². The zero-order valence-electron chi connectivity index (χ0n) is 16.6. The molecule has 5 nitrogen and oxygen atoms in total. The Hall–Kier alpha value is -2.53. The van der Waals surface area contributed by atoms with Crippen molar-refractivity contribution < 1.29 is 19.4 Å². The van der Waals surface area contributed by atoms with E-state index >= 15 is 0 Å². The van der Waals surface area contributed by atoms with Crippen LogP contribution >= 0.6 is 0 Å². The van der Waals surface area contributed by atoms with Crippen LogP contribution in [0.4, 0.5) is 4.79 Å². The number of carbonyl (C=O) groups excluding carboxylic acids is 1. The third kappa shape index (κ3) is 5.49. The molecule has 3 rings (SSSR count). The fourth-order valence-electron chi connectivity index (χ4n) is 3.32. The smallest absolute Gasteiger partial charge is 0.410 e. The Morgan fingerprint density at radius 1 is 1.04 bits per heavy atom. The van der Waals surface area contributed by atoms with Gasteiger partial charge in [0.2, 0.25) is 0 Å². The van der Waals surface area contributed by atoms with Crippen molar-refractivity contribution in [1.29, 1.82) is 0 Å². The number of nitrogens with zero attached hydrogens (tertiary/aromatic N) is 1. The van der Waals surface area contributed by atoms with Crippen molar-refractivity contribution in [1.82, 2.24) is 4.90 Å². The zero-order valence-corrected chi connectivity index (χ0v) is 16.6. The van der Waals surface area contributed by atoms with Gasteiger partial charge >= 0.3 is 6.09 Å². The third-order valence-corrected chi connectivity index (χ3v) is 5.02. The normalized spacial score (nSPS) is 14.9. The van der Waals surface area contributed by atoms with Crippen LogP contribution < -0.4 is 4.74 Å². The lowest BCUT2D eigenvalue weighted by molar-refractivity contribution is 0.0608. The summed E-state index contributed by atoms with van der Waals surface area (Å²) < 4.78 is 11.2. The van der Waals surface area contributed by atoms with Gasteiger partial charge in [-0.3, -0.25) is 0 Å². The Bertz CT molecular complexity index is 747. The highest BCUT2D eigenvalue weighted by Crippen LogP contribution is 2.24. The monoisotopic (exact) mass is 383 g/mol. The lowest BCUT2D eigenvalue weighted by Crippen LogP contribution is -2.40. The second-order valence-corrected chi connectivity index (χ2v) is 7.55. The van der Waals surface area contributed by atoms with Gasteiger partial charge in [-0.25, -0.2) is 4.79 Å². The Kier molecular flexibility index (Phi) is 6.93. The van der Waals surface area contributed by atoms with Crippen molar-refractivity contribution in [2.45, 2.75) is 39.4 Å². The first-order chi connectivity index (χ1) is 13.5. The van der Waals surface area contributed by atoms with Crippen LogP contribution in [0.2, 0.25) is 0 Å². The molecule has 5 heteroatoms. The van der Waals surface area contributed by atoms with Crippen molar-refractivity contribution in [3.8, 4) is 16.9 Å². The van der Waals surface area contributed by atoms with Crippen molar-refractivity contribution >= 4 is 6.09 Å². The molecular formula is C23H29NO4. The second-order valence-electron chi connectivity index (χ2n) is 7.55. The van der Waals surface area contributed by atoms with Gasteiger partial charge in [-0.1, -0.05) is 36.4 Å². The largest absolute Gasteiger partial charge is 0.493 e. The Balaban J connectivity index is 1.46. The summed E-state index contributed by atoms with van der Waals surface area (Å²) >= 11 is 0. The lowest BCUT2D eigenvalue weighted by atomic mass is 9.98. The fourth-order valence-corrected chi connectivity index (χ4v) is 3.32. The van der Waals surface area contributed by atoms with Gasteiger partial charge in [-0.05, 0) is 61.4 Å². The molecule has 0 unspecified atom stereocenters. The number of likely N-dealkylation sites (tertiary alicyclic amines) is 1. The number of piperidine rings is 1. The maximum absolute atomic E-state index is 11.9. The minimum absolute atomic E-state index is 0.0604. The van der Waals surface area contributed by atoms with Crippen LogP contribution in [0.15, 0.2) is 48.5 Å². The highest BCUT2D eigenvalue weighted by Gasteiger charge is 2.24. The molecule has 28 heavy (non-hydrogen) atoms. The van der Waals surface area contributed by atoms with E-state index in [4.69, 9.17) is 14.6 Å². The molecule has 1 N–H and O–H groups in total. The van der Waals surface area contributed by atoms with Crippen molar-refractivity contribution in [3.05, 3.63) is 54.1 Å². The predicted molar refractivity (Wildman–Crippen MR) is 109 cm³/mol. The van der Waals surface area contributed by atoms with Gasteiger partial charge in [0.1, 0.15) is 5.75 Å². The van der Waals surface area contributed by atoms with E-state index in [1.807, 2.05) is 62.4 Å². The summed E-state index contributed by atoms with van der Waals surface area (Å²) in [5, 5.41) is 9.14. The molecule has 1 fully saturated rings. The van der Waals surface area contributed by atoms with Crippen molar-refractivity contribution in [3.63, 3.8) is 0 Å². The van der Waals surface area contributed by atoms with Gasteiger partial charge in [0.05, 0.1) is 19.3 Å². The zero-order chi connectivity index (χ0) is 19.9. The number of aliphatic hydroxyl groups excluding tert-OH is 1. The van der Waals surface area contributed by atoms with Gasteiger partial charge in [0, 0.05) is 13.1 Å². The van der Waals surface area contributed by atoms with E-state index in [9.17, 15) is 4.79 Å². The Morgan fingerprint density at radius 2 is 1.61 bits per heavy atom. The van der Waals surface area contributed by atoms with Gasteiger partial charge in [0.25, 0.3) is 0 Å². The Morgan fingerprint density at radius 3 is 2.14 bits per heavy atom. The minimum atomic E-state index is -0.211. The number of aliphatic hydroxyl groups is 1. The molecule has 150 valence electrons. The van der Waals surface area contributed by atoms with E-state index in [-0.39, 0.29) is 18.8 Å². The molecule has 1 saturated heterocycles. The molecule has 2 aromatic carbocycles. The molecule has 0 saturated carbocycles. The van der Waals surface area contributed by atoms with E-state index in [0.717, 1.165) is 48.4 Å². The molecule has 1 heterocycles. The average Bonchev–Trinajstić information content (AvgIpc) is 2.72. The number of rotatable bonds is 6.